The van der Waals surface area contributed by atoms with Crippen molar-refractivity contribution < 1.29 is 5.21 Å². The van der Waals surface area contributed by atoms with Crippen molar-refractivity contribution in [3.8, 4) is 0 Å². The summed E-state index contributed by atoms with van der Waals surface area (Å²) in [7, 11) is 0. The quantitative estimate of drug-likeness (QED) is 0.788. The number of nitrogens with zero attached hydrogens (tertiary/aromatic N) is 1. The van der Waals surface area contributed by atoms with Crippen molar-refractivity contribution in [3.63, 3.8) is 0 Å². The third-order valence-electron chi connectivity index (χ3n) is 2.41. The molecule has 0 bridgehead atoms. The molecule has 1 aromatic heterocycles. The van der Waals surface area contributed by atoms with Crippen LogP contribution in [-0.2, 0) is 12.0 Å². The van der Waals surface area contributed by atoms with Crippen LogP contribution in [0.25, 0.3) is 10.2 Å². The Labute approximate surface area is 99.1 Å². The first-order valence-electron chi connectivity index (χ1n) is 5.28. The van der Waals surface area contributed by atoms with E-state index >= 15 is 0 Å². The minimum Gasteiger partial charge on any atom is -0.316 e. The van der Waals surface area contributed by atoms with Gasteiger partial charge in [0.05, 0.1) is 15.2 Å². The summed E-state index contributed by atoms with van der Waals surface area (Å²) < 4.78 is 1.18. The van der Waals surface area contributed by atoms with Gasteiger partial charge < -0.3 is 5.21 Å². The van der Waals surface area contributed by atoms with E-state index in [1.807, 2.05) is 12.1 Å². The molecule has 0 saturated carbocycles. The number of rotatable bonds is 2. The van der Waals surface area contributed by atoms with Gasteiger partial charge in [0.15, 0.2) is 0 Å². The molecule has 2 aromatic rings. The van der Waals surface area contributed by atoms with Crippen LogP contribution in [0.5, 0.6) is 0 Å². The van der Waals surface area contributed by atoms with Crippen LogP contribution in [0.15, 0.2) is 18.2 Å². The maximum atomic E-state index is 8.77. The van der Waals surface area contributed by atoms with Gasteiger partial charge in [-0.1, -0.05) is 32.9 Å². The Morgan fingerprint density at radius 2 is 2.12 bits per heavy atom. The van der Waals surface area contributed by atoms with E-state index < -0.39 is 0 Å². The second kappa shape index (κ2) is 4.13. The summed E-state index contributed by atoms with van der Waals surface area (Å²) in [6.07, 6.45) is 0. The molecule has 3 nitrogen and oxygen atoms in total. The van der Waals surface area contributed by atoms with Gasteiger partial charge in [-0.15, -0.1) is 11.3 Å². The fourth-order valence-electron chi connectivity index (χ4n) is 1.55. The van der Waals surface area contributed by atoms with Gasteiger partial charge in [-0.2, -0.15) is 0 Å². The Morgan fingerprint density at radius 1 is 1.38 bits per heavy atom. The zero-order chi connectivity index (χ0) is 11.8. The molecule has 16 heavy (non-hydrogen) atoms. The summed E-state index contributed by atoms with van der Waals surface area (Å²) >= 11 is 1.72. The number of thiazole rings is 1. The SMILES string of the molecule is CC(C)(C)c1nc2c(CNO)cccc2s1. The molecule has 0 aliphatic heterocycles. The first-order chi connectivity index (χ1) is 7.52. The van der Waals surface area contributed by atoms with Crippen molar-refractivity contribution in [2.24, 2.45) is 0 Å². The molecule has 1 heterocycles. The van der Waals surface area contributed by atoms with Crippen LogP contribution in [-0.4, -0.2) is 10.2 Å². The molecule has 0 spiro atoms. The van der Waals surface area contributed by atoms with Crippen LogP contribution >= 0.6 is 11.3 Å². The molecular weight excluding hydrogens is 220 g/mol. The van der Waals surface area contributed by atoms with Crippen LogP contribution < -0.4 is 5.48 Å². The topological polar surface area (TPSA) is 45.2 Å². The molecular formula is C12H16N2OS. The van der Waals surface area contributed by atoms with Crippen molar-refractivity contribution in [1.82, 2.24) is 10.5 Å². The van der Waals surface area contributed by atoms with Crippen LogP contribution in [0, 0.1) is 0 Å². The molecule has 0 amide bonds. The third-order valence-corrected chi connectivity index (χ3v) is 3.86. The minimum atomic E-state index is 0.0770. The fourth-order valence-corrected chi connectivity index (χ4v) is 2.63. The van der Waals surface area contributed by atoms with Crippen LogP contribution in [0.2, 0.25) is 0 Å². The first-order valence-corrected chi connectivity index (χ1v) is 6.10. The normalized spacial score (nSPS) is 12.2. The lowest BCUT2D eigenvalue weighted by atomic mass is 9.98. The van der Waals surface area contributed by atoms with Gasteiger partial charge in [-0.25, -0.2) is 10.5 Å². The van der Waals surface area contributed by atoms with Gasteiger partial charge in [-0.3, -0.25) is 0 Å². The molecule has 0 atom stereocenters. The van der Waals surface area contributed by atoms with Crippen LogP contribution in [0.4, 0.5) is 0 Å². The Kier molecular flexibility index (Phi) is 2.97. The van der Waals surface area contributed by atoms with Gasteiger partial charge in [0.25, 0.3) is 0 Å². The average Bonchev–Trinajstić information content (AvgIpc) is 2.62. The van der Waals surface area contributed by atoms with Gasteiger partial charge in [0.1, 0.15) is 0 Å². The molecule has 0 saturated heterocycles. The first kappa shape index (κ1) is 11.5. The van der Waals surface area contributed by atoms with Crippen molar-refractivity contribution in [2.45, 2.75) is 32.7 Å². The van der Waals surface area contributed by atoms with Gasteiger partial charge in [-0.05, 0) is 11.6 Å². The summed E-state index contributed by atoms with van der Waals surface area (Å²) in [6, 6.07) is 6.06. The maximum absolute atomic E-state index is 8.77. The summed E-state index contributed by atoms with van der Waals surface area (Å²) in [4.78, 5) is 4.67. The Balaban J connectivity index is 2.57. The van der Waals surface area contributed by atoms with Gasteiger partial charge in [0.2, 0.25) is 0 Å². The van der Waals surface area contributed by atoms with Crippen molar-refractivity contribution in [1.29, 1.82) is 0 Å². The van der Waals surface area contributed by atoms with E-state index in [0.717, 1.165) is 16.1 Å². The number of hydroxylamine groups is 1. The highest BCUT2D eigenvalue weighted by molar-refractivity contribution is 7.18. The molecule has 0 unspecified atom stereocenters. The highest BCUT2D eigenvalue weighted by Crippen LogP contribution is 2.32. The summed E-state index contributed by atoms with van der Waals surface area (Å²) in [5.41, 5.74) is 4.30. The predicted molar refractivity (Wildman–Crippen MR) is 66.9 cm³/mol. The lowest BCUT2D eigenvalue weighted by molar-refractivity contribution is 0.161. The highest BCUT2D eigenvalue weighted by atomic mass is 32.1. The number of benzene rings is 1. The van der Waals surface area contributed by atoms with E-state index in [-0.39, 0.29) is 5.41 Å². The van der Waals surface area contributed by atoms with Crippen molar-refractivity contribution >= 4 is 21.6 Å². The van der Waals surface area contributed by atoms with Gasteiger partial charge >= 0.3 is 0 Å². The number of para-hydroxylation sites is 1. The monoisotopic (exact) mass is 236 g/mol. The minimum absolute atomic E-state index is 0.0770. The smallest absolute Gasteiger partial charge is 0.0992 e. The van der Waals surface area contributed by atoms with E-state index in [1.54, 1.807) is 11.3 Å². The molecule has 1 aromatic carbocycles. The maximum Gasteiger partial charge on any atom is 0.0992 e. The molecule has 0 radical (unpaired) electrons. The van der Waals surface area contributed by atoms with Crippen LogP contribution in [0.3, 0.4) is 0 Å². The van der Waals surface area contributed by atoms with Crippen LogP contribution in [0.1, 0.15) is 31.3 Å². The third kappa shape index (κ3) is 2.09. The number of nitrogens with one attached hydrogen (secondary N) is 1. The van der Waals surface area contributed by atoms with Gasteiger partial charge in [0, 0.05) is 12.0 Å². The Morgan fingerprint density at radius 3 is 2.75 bits per heavy atom. The fraction of sp³-hybridized carbons (Fsp3) is 0.417. The summed E-state index contributed by atoms with van der Waals surface area (Å²) in [5.74, 6) is 0. The van der Waals surface area contributed by atoms with Crippen molar-refractivity contribution in [2.75, 3.05) is 0 Å². The predicted octanol–water partition coefficient (Wildman–Crippen LogP) is 3.07. The molecule has 0 aliphatic carbocycles. The molecule has 86 valence electrons. The number of hydrogen-bond acceptors (Lipinski definition) is 4. The van der Waals surface area contributed by atoms with Crippen molar-refractivity contribution in [3.05, 3.63) is 28.8 Å². The Hall–Kier alpha value is -0.970. The number of fused-ring (bicyclic) bond motifs is 1. The lowest BCUT2D eigenvalue weighted by Crippen LogP contribution is -2.10. The molecule has 4 heteroatoms. The van der Waals surface area contributed by atoms with E-state index in [1.165, 1.54) is 4.70 Å². The lowest BCUT2D eigenvalue weighted by Gasteiger charge is -2.13. The molecule has 0 fully saturated rings. The molecule has 2 N–H and O–H groups in total. The largest absolute Gasteiger partial charge is 0.316 e. The molecule has 2 rings (SSSR count). The molecule has 0 aliphatic rings. The van der Waals surface area contributed by atoms with E-state index in [0.29, 0.717) is 6.54 Å². The summed E-state index contributed by atoms with van der Waals surface area (Å²) in [5, 5.41) is 9.90. The summed E-state index contributed by atoms with van der Waals surface area (Å²) in [6.45, 7) is 6.92. The second-order valence-electron chi connectivity index (χ2n) is 4.87. The van der Waals surface area contributed by atoms with E-state index in [4.69, 9.17) is 5.21 Å². The number of aromatic nitrogens is 1. The Bertz CT molecular complexity index is 499. The van der Waals surface area contributed by atoms with E-state index in [2.05, 4.69) is 37.3 Å². The average molecular weight is 236 g/mol. The van der Waals surface area contributed by atoms with E-state index in [9.17, 15) is 0 Å². The zero-order valence-electron chi connectivity index (χ0n) is 9.74. The number of hydrogen-bond donors (Lipinski definition) is 2. The zero-order valence-corrected chi connectivity index (χ0v) is 10.6. The second-order valence-corrected chi connectivity index (χ2v) is 5.90. The highest BCUT2D eigenvalue weighted by Gasteiger charge is 2.19. The standard InChI is InChI=1S/C12H16N2OS/c1-12(2,3)11-14-10-8(7-13-15)5-4-6-9(10)16-11/h4-6,13,15H,7H2,1-3H3.